The largest absolute Gasteiger partial charge is 0.389 e. The van der Waals surface area contributed by atoms with E-state index in [1.807, 2.05) is 6.92 Å². The summed E-state index contributed by atoms with van der Waals surface area (Å²) in [5.41, 5.74) is 1.44. The molecule has 1 amide bonds. The molecule has 0 bridgehead atoms. The van der Waals surface area contributed by atoms with Gasteiger partial charge >= 0.3 is 0 Å². The molecule has 2 aliphatic heterocycles. The zero-order valence-electron chi connectivity index (χ0n) is 19.2. The summed E-state index contributed by atoms with van der Waals surface area (Å²) in [6.45, 7) is 8.64. The van der Waals surface area contributed by atoms with Crippen molar-refractivity contribution >= 4 is 5.91 Å². The number of hydrogen-bond acceptors (Lipinski definition) is 5. The van der Waals surface area contributed by atoms with Crippen molar-refractivity contribution in [3.63, 3.8) is 0 Å². The van der Waals surface area contributed by atoms with Crippen LogP contribution < -0.4 is 5.32 Å². The van der Waals surface area contributed by atoms with Crippen LogP contribution in [-0.2, 0) is 16.0 Å². The van der Waals surface area contributed by atoms with Gasteiger partial charge < -0.3 is 25.0 Å². The summed E-state index contributed by atoms with van der Waals surface area (Å²) in [6.07, 6.45) is 6.10. The zero-order chi connectivity index (χ0) is 21.9. The lowest BCUT2D eigenvalue weighted by molar-refractivity contribution is -0.127. The molecule has 174 valence electrons. The Morgan fingerprint density at radius 3 is 2.52 bits per heavy atom. The first-order valence-electron chi connectivity index (χ1n) is 12.2. The van der Waals surface area contributed by atoms with Crippen LogP contribution in [0.1, 0.15) is 44.6 Å². The summed E-state index contributed by atoms with van der Waals surface area (Å²) in [6, 6.07) is 11.4. The summed E-state index contributed by atoms with van der Waals surface area (Å²) in [4.78, 5) is 17.6. The van der Waals surface area contributed by atoms with Gasteiger partial charge in [0.1, 0.15) is 0 Å². The SMILES string of the molecule is CCOC[C@@H](O)CNC(=O)C1CCN(C2CCN(CCCc3ccccc3)CC2)CC1. The van der Waals surface area contributed by atoms with Crippen molar-refractivity contribution in [1.82, 2.24) is 15.1 Å². The number of nitrogens with zero attached hydrogens (tertiary/aromatic N) is 2. The van der Waals surface area contributed by atoms with Crippen LogP contribution in [0, 0.1) is 5.92 Å². The summed E-state index contributed by atoms with van der Waals surface area (Å²) >= 11 is 0. The van der Waals surface area contributed by atoms with E-state index in [1.54, 1.807) is 0 Å². The Bertz CT molecular complexity index is 626. The van der Waals surface area contributed by atoms with Gasteiger partial charge in [-0.3, -0.25) is 4.79 Å². The maximum atomic E-state index is 12.4. The molecule has 0 spiro atoms. The van der Waals surface area contributed by atoms with Gasteiger partial charge in [0.15, 0.2) is 0 Å². The molecule has 2 heterocycles. The Balaban J connectivity index is 1.28. The quantitative estimate of drug-likeness (QED) is 0.563. The molecular formula is C25H41N3O3. The van der Waals surface area contributed by atoms with Gasteiger partial charge in [0.05, 0.1) is 12.7 Å². The second-order valence-corrected chi connectivity index (χ2v) is 9.03. The minimum absolute atomic E-state index is 0.0774. The minimum Gasteiger partial charge on any atom is -0.389 e. The number of rotatable bonds is 11. The second-order valence-electron chi connectivity index (χ2n) is 9.03. The number of nitrogens with one attached hydrogen (secondary N) is 1. The molecule has 0 aromatic heterocycles. The topological polar surface area (TPSA) is 65.0 Å². The number of amides is 1. The lowest BCUT2D eigenvalue weighted by atomic mass is 9.92. The van der Waals surface area contributed by atoms with Gasteiger partial charge in [-0.2, -0.15) is 0 Å². The van der Waals surface area contributed by atoms with Crippen LogP contribution in [0.2, 0.25) is 0 Å². The maximum Gasteiger partial charge on any atom is 0.223 e. The van der Waals surface area contributed by atoms with E-state index in [1.165, 1.54) is 50.9 Å². The van der Waals surface area contributed by atoms with Gasteiger partial charge in [0.2, 0.25) is 5.91 Å². The van der Waals surface area contributed by atoms with E-state index in [2.05, 4.69) is 45.4 Å². The Morgan fingerprint density at radius 1 is 1.13 bits per heavy atom. The van der Waals surface area contributed by atoms with Crippen LogP contribution in [0.3, 0.4) is 0 Å². The highest BCUT2D eigenvalue weighted by atomic mass is 16.5. The number of aliphatic hydroxyl groups excluding tert-OH is 1. The highest BCUT2D eigenvalue weighted by Gasteiger charge is 2.30. The smallest absolute Gasteiger partial charge is 0.223 e. The van der Waals surface area contributed by atoms with Crippen LogP contribution in [0.5, 0.6) is 0 Å². The third-order valence-electron chi connectivity index (χ3n) is 6.78. The lowest BCUT2D eigenvalue weighted by Gasteiger charge is -2.41. The van der Waals surface area contributed by atoms with Crippen molar-refractivity contribution in [3.8, 4) is 0 Å². The van der Waals surface area contributed by atoms with Crippen molar-refractivity contribution in [2.75, 3.05) is 52.5 Å². The highest BCUT2D eigenvalue weighted by molar-refractivity contribution is 5.78. The predicted molar refractivity (Wildman–Crippen MR) is 124 cm³/mol. The first-order chi connectivity index (χ1) is 15.2. The van der Waals surface area contributed by atoms with Crippen LogP contribution >= 0.6 is 0 Å². The van der Waals surface area contributed by atoms with Crippen molar-refractivity contribution < 1.29 is 14.6 Å². The third kappa shape index (κ3) is 8.19. The fourth-order valence-electron chi connectivity index (χ4n) is 4.86. The zero-order valence-corrected chi connectivity index (χ0v) is 19.2. The number of aryl methyl sites for hydroxylation is 1. The van der Waals surface area contributed by atoms with Gasteiger partial charge in [0, 0.05) is 25.1 Å². The fourth-order valence-corrected chi connectivity index (χ4v) is 4.86. The highest BCUT2D eigenvalue weighted by Crippen LogP contribution is 2.24. The average molecular weight is 432 g/mol. The summed E-state index contributed by atoms with van der Waals surface area (Å²) in [5, 5.41) is 12.7. The predicted octanol–water partition coefficient (Wildman–Crippen LogP) is 2.31. The second kappa shape index (κ2) is 13.2. The first-order valence-corrected chi connectivity index (χ1v) is 12.2. The molecule has 3 rings (SSSR count). The minimum atomic E-state index is -0.623. The van der Waals surface area contributed by atoms with E-state index in [0.29, 0.717) is 12.6 Å². The molecule has 2 fully saturated rings. The van der Waals surface area contributed by atoms with Crippen LogP contribution in [-0.4, -0.2) is 85.4 Å². The molecule has 0 saturated carbocycles. The van der Waals surface area contributed by atoms with Crippen molar-refractivity contribution in [2.45, 2.75) is 57.6 Å². The Kier molecular flexibility index (Phi) is 10.3. The number of carbonyl (C=O) groups excluding carboxylic acids is 1. The molecular weight excluding hydrogens is 390 g/mol. The molecule has 0 unspecified atom stereocenters. The first kappa shape index (κ1) is 24.2. The van der Waals surface area contributed by atoms with Crippen LogP contribution in [0.15, 0.2) is 30.3 Å². The van der Waals surface area contributed by atoms with E-state index in [0.717, 1.165) is 25.9 Å². The van der Waals surface area contributed by atoms with Gasteiger partial charge in [-0.25, -0.2) is 0 Å². The number of benzene rings is 1. The van der Waals surface area contributed by atoms with Gasteiger partial charge in [0.25, 0.3) is 0 Å². The monoisotopic (exact) mass is 431 g/mol. The Morgan fingerprint density at radius 2 is 1.84 bits per heavy atom. The maximum absolute atomic E-state index is 12.4. The molecule has 6 heteroatoms. The molecule has 31 heavy (non-hydrogen) atoms. The van der Waals surface area contributed by atoms with Gasteiger partial charge in [-0.15, -0.1) is 0 Å². The van der Waals surface area contributed by atoms with Gasteiger partial charge in [-0.1, -0.05) is 30.3 Å². The normalized spacial score (nSPS) is 20.6. The van der Waals surface area contributed by atoms with E-state index >= 15 is 0 Å². The number of likely N-dealkylation sites (tertiary alicyclic amines) is 2. The van der Waals surface area contributed by atoms with Crippen molar-refractivity contribution in [2.24, 2.45) is 5.92 Å². The third-order valence-corrected chi connectivity index (χ3v) is 6.78. The summed E-state index contributed by atoms with van der Waals surface area (Å²) in [5.74, 6) is 0.164. The number of hydrogen-bond donors (Lipinski definition) is 2. The van der Waals surface area contributed by atoms with Crippen LogP contribution in [0.4, 0.5) is 0 Å². The number of aliphatic hydroxyl groups is 1. The van der Waals surface area contributed by atoms with E-state index in [4.69, 9.17) is 4.74 Å². The van der Waals surface area contributed by atoms with Gasteiger partial charge in [-0.05, 0) is 83.7 Å². The number of piperidine rings is 2. The summed E-state index contributed by atoms with van der Waals surface area (Å²) in [7, 11) is 0. The summed E-state index contributed by atoms with van der Waals surface area (Å²) < 4.78 is 5.19. The average Bonchev–Trinajstić information content (AvgIpc) is 2.82. The Hall–Kier alpha value is -1.47. The molecule has 6 nitrogen and oxygen atoms in total. The molecule has 1 atom stereocenters. The lowest BCUT2D eigenvalue weighted by Crippen LogP contribution is -2.49. The molecule has 0 aliphatic carbocycles. The Labute approximate surface area is 187 Å². The number of carbonyl (C=O) groups is 1. The fraction of sp³-hybridized carbons (Fsp3) is 0.720. The molecule has 2 N–H and O–H groups in total. The molecule has 2 saturated heterocycles. The standard InChI is InChI=1S/C25H41N3O3/c1-2-31-20-24(29)19-26-25(30)22-10-17-28(18-11-22)23-12-15-27(16-13-23)14-6-9-21-7-4-3-5-8-21/h3-5,7-8,22-24,29H,2,6,9-20H2,1H3,(H,26,30)/t24-/m0/s1. The van der Waals surface area contributed by atoms with Crippen molar-refractivity contribution in [1.29, 1.82) is 0 Å². The van der Waals surface area contributed by atoms with E-state index in [-0.39, 0.29) is 25.0 Å². The molecule has 0 radical (unpaired) electrons. The molecule has 1 aromatic rings. The molecule has 2 aliphatic rings. The number of ether oxygens (including phenoxy) is 1. The van der Waals surface area contributed by atoms with Crippen LogP contribution in [0.25, 0.3) is 0 Å². The van der Waals surface area contributed by atoms with Crippen molar-refractivity contribution in [3.05, 3.63) is 35.9 Å². The van der Waals surface area contributed by atoms with E-state index in [9.17, 15) is 9.90 Å². The molecule has 1 aromatic carbocycles. The van der Waals surface area contributed by atoms with E-state index < -0.39 is 6.10 Å².